The summed E-state index contributed by atoms with van der Waals surface area (Å²) in [6.07, 6.45) is 0. The van der Waals surface area contributed by atoms with Crippen LogP contribution in [0.25, 0.3) is 43.1 Å². The summed E-state index contributed by atoms with van der Waals surface area (Å²) in [5.74, 6) is 2.25. The summed E-state index contributed by atoms with van der Waals surface area (Å²) in [7, 11) is 6.38. The van der Waals surface area contributed by atoms with E-state index in [9.17, 15) is 20.4 Å². The Bertz CT molecular complexity index is 3820. The Hall–Kier alpha value is -10.5. The van der Waals surface area contributed by atoms with Gasteiger partial charge in [0.05, 0.1) is 73.9 Å². The second-order valence-corrected chi connectivity index (χ2v) is 18.1. The van der Waals surface area contributed by atoms with Gasteiger partial charge in [0, 0.05) is 45.8 Å². The van der Waals surface area contributed by atoms with Crippen LogP contribution in [0.4, 0.5) is 45.5 Å². The SMILES string of the molecule is COc1cccc(N=Nc2c([O-])ccc3ccccc23)c1.COc1cccc(N=Nc2c([O-])ccc3ccccc23)c1.COc1cccc(N=Nc2c([O-])ccc3ccccc23)c1.COc1cccc(N=Nc2c([O-])ccc3ccccc23)c1.[Cu+2].[Cu+2]. The molecule has 0 aliphatic rings. The third kappa shape index (κ3) is 16.4. The average molecular weight is 1240 g/mol. The van der Waals surface area contributed by atoms with Crippen LogP contribution in [0.2, 0.25) is 0 Å². The van der Waals surface area contributed by atoms with Crippen molar-refractivity contribution in [2.75, 3.05) is 28.4 Å². The van der Waals surface area contributed by atoms with E-state index in [0.29, 0.717) is 68.5 Å². The van der Waals surface area contributed by atoms with Crippen LogP contribution in [-0.4, -0.2) is 28.4 Å². The maximum Gasteiger partial charge on any atom is 2.00 e. The van der Waals surface area contributed by atoms with E-state index in [-0.39, 0.29) is 57.1 Å². The normalized spacial score (nSPS) is 10.8. The van der Waals surface area contributed by atoms with E-state index in [1.807, 2.05) is 170 Å². The molecular weight excluding hydrogens is 1180 g/mol. The number of hydrogen-bond donors (Lipinski definition) is 0. The Balaban J connectivity index is 0.000000163. The molecule has 18 heteroatoms. The van der Waals surface area contributed by atoms with Crippen LogP contribution in [0, 0.1) is 0 Å². The molecule has 12 aromatic carbocycles. The predicted molar refractivity (Wildman–Crippen MR) is 322 cm³/mol. The molecule has 0 aromatic heterocycles. The van der Waals surface area contributed by atoms with Gasteiger partial charge in [-0.25, -0.2) is 0 Å². The van der Waals surface area contributed by atoms with Gasteiger partial charge in [0.25, 0.3) is 0 Å². The van der Waals surface area contributed by atoms with Crippen molar-refractivity contribution < 1.29 is 73.5 Å². The van der Waals surface area contributed by atoms with Gasteiger partial charge in [-0.1, -0.05) is 193 Å². The quantitative estimate of drug-likeness (QED) is 0.0842. The van der Waals surface area contributed by atoms with Gasteiger partial charge in [-0.05, 0) is 70.1 Å². The van der Waals surface area contributed by atoms with Crippen LogP contribution >= 0.6 is 0 Å². The fourth-order valence-corrected chi connectivity index (χ4v) is 8.47. The van der Waals surface area contributed by atoms with Crippen molar-refractivity contribution in [2.24, 2.45) is 40.9 Å². The minimum atomic E-state index is -0.139. The van der Waals surface area contributed by atoms with Gasteiger partial charge in [-0.2, -0.15) is 40.9 Å². The van der Waals surface area contributed by atoms with E-state index in [1.165, 1.54) is 24.3 Å². The van der Waals surface area contributed by atoms with Crippen LogP contribution in [-0.2, 0) is 34.1 Å². The average Bonchev–Trinajstić information content (AvgIpc) is 2.07. The molecule has 0 heterocycles. The zero-order valence-corrected chi connectivity index (χ0v) is 48.4. The van der Waals surface area contributed by atoms with Gasteiger partial charge in [-0.3, -0.25) is 0 Å². The fourth-order valence-electron chi connectivity index (χ4n) is 8.47. The summed E-state index contributed by atoms with van der Waals surface area (Å²) in [6, 6.07) is 72.6. The predicted octanol–water partition coefficient (Wildman–Crippen LogP) is 17.3. The molecule has 0 bridgehead atoms. The van der Waals surface area contributed by atoms with Crippen molar-refractivity contribution in [3.05, 3.63) is 243 Å². The molecule has 0 aliphatic carbocycles. The Labute approximate surface area is 517 Å². The van der Waals surface area contributed by atoms with Crippen molar-refractivity contribution in [3.63, 3.8) is 0 Å². The number of azo groups is 4. The standard InChI is InChI=1S/4C17H14N2O2.2Cu/c4*1-21-14-7-4-6-13(11-14)18-19-17-15-8-3-2-5-12(15)9-10-16(17)20;;/h4*2-11,20H,1H3;;/q;;;;2*+2/p-4. The summed E-state index contributed by atoms with van der Waals surface area (Å²) in [4.78, 5) is 0. The van der Waals surface area contributed by atoms with Crippen LogP contribution in [0.15, 0.2) is 284 Å². The molecule has 2 radical (unpaired) electrons. The van der Waals surface area contributed by atoms with E-state index < -0.39 is 0 Å². The molecule has 434 valence electrons. The van der Waals surface area contributed by atoms with Crippen LogP contribution < -0.4 is 39.4 Å². The second kappa shape index (κ2) is 31.3. The first kappa shape index (κ1) is 63.1. The first-order valence-corrected chi connectivity index (χ1v) is 26.1. The molecule has 12 rings (SSSR count). The molecule has 0 unspecified atom stereocenters. The van der Waals surface area contributed by atoms with Crippen molar-refractivity contribution in [3.8, 4) is 46.0 Å². The Morgan fingerprint density at radius 1 is 0.233 bits per heavy atom. The Kier molecular flexibility index (Phi) is 22.9. The van der Waals surface area contributed by atoms with Gasteiger partial charge in [-0.15, -0.1) is 0 Å². The maximum absolute atomic E-state index is 12.0. The van der Waals surface area contributed by atoms with Gasteiger partial charge in [0.2, 0.25) is 0 Å². The van der Waals surface area contributed by atoms with Crippen LogP contribution in [0.3, 0.4) is 0 Å². The number of nitrogens with zero attached hydrogens (tertiary/aromatic N) is 8. The van der Waals surface area contributed by atoms with E-state index in [0.717, 1.165) is 43.1 Å². The number of hydrogen-bond acceptors (Lipinski definition) is 16. The van der Waals surface area contributed by atoms with Crippen LogP contribution in [0.5, 0.6) is 46.0 Å². The van der Waals surface area contributed by atoms with E-state index in [4.69, 9.17) is 18.9 Å². The monoisotopic (exact) mass is 1230 g/mol. The van der Waals surface area contributed by atoms with Gasteiger partial charge >= 0.3 is 34.1 Å². The number of fused-ring (bicyclic) bond motifs is 4. The number of methoxy groups -OCH3 is 4. The van der Waals surface area contributed by atoms with Crippen LogP contribution in [0.1, 0.15) is 0 Å². The summed E-state index contributed by atoms with van der Waals surface area (Å²) >= 11 is 0. The molecule has 16 nitrogen and oxygen atoms in total. The number of benzene rings is 12. The molecule has 0 aliphatic heterocycles. The molecule has 86 heavy (non-hydrogen) atoms. The largest absolute Gasteiger partial charge is 2.00 e. The first-order chi connectivity index (χ1) is 41.1. The first-order valence-electron chi connectivity index (χ1n) is 26.1. The number of ether oxygens (including phenoxy) is 4. The topological polar surface area (TPSA) is 228 Å². The fraction of sp³-hybridized carbons (Fsp3) is 0.0588. The van der Waals surface area contributed by atoms with Crippen molar-refractivity contribution in [2.45, 2.75) is 0 Å². The molecule has 0 atom stereocenters. The third-order valence-electron chi connectivity index (χ3n) is 12.7. The summed E-state index contributed by atoms with van der Waals surface area (Å²) in [5.41, 5.74) is 3.99. The van der Waals surface area contributed by atoms with Gasteiger partial charge in [0.15, 0.2) is 0 Å². The maximum atomic E-state index is 12.0. The van der Waals surface area contributed by atoms with Crippen molar-refractivity contribution >= 4 is 88.6 Å². The Morgan fingerprint density at radius 2 is 0.442 bits per heavy atom. The molecule has 0 saturated heterocycles. The molecule has 0 saturated carbocycles. The zero-order chi connectivity index (χ0) is 58.6. The van der Waals surface area contributed by atoms with Crippen molar-refractivity contribution in [1.82, 2.24) is 0 Å². The molecule has 0 N–H and O–H groups in total. The molecule has 12 aromatic rings. The third-order valence-corrected chi connectivity index (χ3v) is 12.7. The van der Waals surface area contributed by atoms with E-state index in [2.05, 4.69) is 40.9 Å². The molecular formula is C68H52Cu2N8O8. The zero-order valence-electron chi connectivity index (χ0n) is 46.5. The second-order valence-electron chi connectivity index (χ2n) is 18.1. The van der Waals surface area contributed by atoms with E-state index in [1.54, 1.807) is 77.0 Å². The minimum absolute atomic E-state index is 0. The van der Waals surface area contributed by atoms with Crippen molar-refractivity contribution in [1.29, 1.82) is 0 Å². The molecule has 0 spiro atoms. The van der Waals surface area contributed by atoms with E-state index >= 15 is 0 Å². The number of rotatable bonds is 12. The summed E-state index contributed by atoms with van der Waals surface area (Å²) in [5, 5.41) is 88.2. The Morgan fingerprint density at radius 3 is 0.651 bits per heavy atom. The summed E-state index contributed by atoms with van der Waals surface area (Å²) < 4.78 is 20.5. The smallest absolute Gasteiger partial charge is 0.871 e. The molecule has 0 amide bonds. The minimum Gasteiger partial charge on any atom is -0.871 e. The summed E-state index contributed by atoms with van der Waals surface area (Å²) in [6.45, 7) is 0. The van der Waals surface area contributed by atoms with Gasteiger partial charge in [0.1, 0.15) is 23.0 Å². The van der Waals surface area contributed by atoms with Gasteiger partial charge < -0.3 is 39.4 Å². The molecule has 0 fully saturated rings.